The summed E-state index contributed by atoms with van der Waals surface area (Å²) in [5.41, 5.74) is 6.05. The van der Waals surface area contributed by atoms with Gasteiger partial charge in [-0.05, 0) is 31.0 Å². The fourth-order valence-electron chi connectivity index (χ4n) is 2.25. The van der Waals surface area contributed by atoms with Crippen molar-refractivity contribution >= 4 is 0 Å². The molecule has 1 aromatic heterocycles. The van der Waals surface area contributed by atoms with Crippen molar-refractivity contribution in [2.45, 2.75) is 26.8 Å². The maximum absolute atomic E-state index is 5.51. The molecule has 1 N–H and O–H groups in total. The summed E-state index contributed by atoms with van der Waals surface area (Å²) in [5.74, 6) is 0.926. The number of aryl methyl sites for hydroxylation is 2. The lowest BCUT2D eigenvalue weighted by Crippen LogP contribution is -2.23. The SMILES string of the molecule is Cc1ccc(-c2onc3c2CNCC3)cc1C. The zero-order chi connectivity index (χ0) is 11.8. The van der Waals surface area contributed by atoms with E-state index in [0.29, 0.717) is 0 Å². The highest BCUT2D eigenvalue weighted by Crippen LogP contribution is 2.29. The maximum Gasteiger partial charge on any atom is 0.171 e. The molecular formula is C14H16N2O. The Morgan fingerprint density at radius 3 is 2.94 bits per heavy atom. The molecule has 0 spiro atoms. The lowest BCUT2D eigenvalue weighted by atomic mass is 10.00. The average molecular weight is 228 g/mol. The minimum absolute atomic E-state index is 0.862. The van der Waals surface area contributed by atoms with E-state index in [-0.39, 0.29) is 0 Å². The molecule has 0 bridgehead atoms. The minimum Gasteiger partial charge on any atom is -0.356 e. The van der Waals surface area contributed by atoms with Gasteiger partial charge in [-0.2, -0.15) is 0 Å². The first-order valence-corrected chi connectivity index (χ1v) is 6.01. The summed E-state index contributed by atoms with van der Waals surface area (Å²) in [6.45, 7) is 6.10. The van der Waals surface area contributed by atoms with Crippen LogP contribution in [-0.2, 0) is 13.0 Å². The van der Waals surface area contributed by atoms with Crippen molar-refractivity contribution in [1.29, 1.82) is 0 Å². The van der Waals surface area contributed by atoms with Gasteiger partial charge in [-0.3, -0.25) is 0 Å². The van der Waals surface area contributed by atoms with Crippen molar-refractivity contribution in [1.82, 2.24) is 10.5 Å². The second-order valence-electron chi connectivity index (χ2n) is 4.66. The first-order valence-electron chi connectivity index (χ1n) is 6.01. The van der Waals surface area contributed by atoms with E-state index in [1.165, 1.54) is 16.7 Å². The van der Waals surface area contributed by atoms with Crippen LogP contribution in [0.5, 0.6) is 0 Å². The third kappa shape index (κ3) is 1.76. The summed E-state index contributed by atoms with van der Waals surface area (Å²) in [7, 11) is 0. The molecule has 0 radical (unpaired) electrons. The van der Waals surface area contributed by atoms with Gasteiger partial charge in [0.1, 0.15) is 0 Å². The van der Waals surface area contributed by atoms with Gasteiger partial charge in [0.25, 0.3) is 0 Å². The zero-order valence-electron chi connectivity index (χ0n) is 10.2. The molecule has 0 atom stereocenters. The topological polar surface area (TPSA) is 38.1 Å². The maximum atomic E-state index is 5.51. The fraction of sp³-hybridized carbons (Fsp3) is 0.357. The Kier molecular flexibility index (Phi) is 2.48. The number of benzene rings is 1. The third-order valence-electron chi connectivity index (χ3n) is 3.48. The molecule has 88 valence electrons. The monoisotopic (exact) mass is 228 g/mol. The van der Waals surface area contributed by atoms with Crippen molar-refractivity contribution in [2.75, 3.05) is 6.54 Å². The average Bonchev–Trinajstić information content (AvgIpc) is 2.76. The molecule has 17 heavy (non-hydrogen) atoms. The van der Waals surface area contributed by atoms with Gasteiger partial charge in [-0.15, -0.1) is 0 Å². The van der Waals surface area contributed by atoms with Crippen LogP contribution in [0.2, 0.25) is 0 Å². The highest BCUT2D eigenvalue weighted by molar-refractivity contribution is 5.63. The Labute approximate surface area is 101 Å². The van der Waals surface area contributed by atoms with Crippen molar-refractivity contribution < 1.29 is 4.52 Å². The van der Waals surface area contributed by atoms with E-state index in [1.807, 2.05) is 0 Å². The van der Waals surface area contributed by atoms with E-state index in [2.05, 4.69) is 42.5 Å². The summed E-state index contributed by atoms with van der Waals surface area (Å²) >= 11 is 0. The van der Waals surface area contributed by atoms with Crippen LogP contribution < -0.4 is 5.32 Å². The Hall–Kier alpha value is -1.61. The van der Waals surface area contributed by atoms with Crippen molar-refractivity contribution in [3.05, 3.63) is 40.6 Å². The first kappa shape index (κ1) is 10.5. The first-order chi connectivity index (χ1) is 8.25. The molecule has 2 heterocycles. The number of hydrogen-bond donors (Lipinski definition) is 1. The Bertz CT molecular complexity index is 557. The molecule has 3 nitrogen and oxygen atoms in total. The smallest absolute Gasteiger partial charge is 0.171 e. The van der Waals surface area contributed by atoms with Gasteiger partial charge < -0.3 is 9.84 Å². The van der Waals surface area contributed by atoms with Crippen LogP contribution in [0.25, 0.3) is 11.3 Å². The standard InChI is InChI=1S/C14H16N2O/c1-9-3-4-11(7-10(9)2)14-12-8-15-6-5-13(12)16-17-14/h3-4,7,15H,5-6,8H2,1-2H3. The van der Waals surface area contributed by atoms with E-state index < -0.39 is 0 Å². The molecule has 0 aliphatic carbocycles. The molecule has 1 aliphatic rings. The molecule has 2 aromatic rings. The molecule has 1 aliphatic heterocycles. The predicted molar refractivity (Wildman–Crippen MR) is 66.8 cm³/mol. The number of rotatable bonds is 1. The minimum atomic E-state index is 0.862. The Balaban J connectivity index is 2.09. The van der Waals surface area contributed by atoms with Gasteiger partial charge in [-0.25, -0.2) is 0 Å². The van der Waals surface area contributed by atoms with Crippen LogP contribution in [0.1, 0.15) is 22.4 Å². The van der Waals surface area contributed by atoms with Gasteiger partial charge in [-0.1, -0.05) is 17.3 Å². The molecule has 0 amide bonds. The van der Waals surface area contributed by atoms with Crippen LogP contribution in [0.15, 0.2) is 22.7 Å². The second kappa shape index (κ2) is 4.00. The number of hydrogen-bond acceptors (Lipinski definition) is 3. The summed E-state index contributed by atoms with van der Waals surface area (Å²) < 4.78 is 5.51. The second-order valence-corrected chi connectivity index (χ2v) is 4.66. The van der Waals surface area contributed by atoms with Gasteiger partial charge in [0.05, 0.1) is 5.69 Å². The normalized spacial score (nSPS) is 14.7. The molecule has 3 heteroatoms. The number of nitrogens with zero attached hydrogens (tertiary/aromatic N) is 1. The number of aromatic nitrogens is 1. The highest BCUT2D eigenvalue weighted by atomic mass is 16.5. The molecular weight excluding hydrogens is 212 g/mol. The Morgan fingerprint density at radius 2 is 2.12 bits per heavy atom. The van der Waals surface area contributed by atoms with Crippen molar-refractivity contribution in [2.24, 2.45) is 0 Å². The molecule has 3 rings (SSSR count). The molecule has 0 unspecified atom stereocenters. The van der Waals surface area contributed by atoms with Gasteiger partial charge >= 0.3 is 0 Å². The van der Waals surface area contributed by atoms with Crippen LogP contribution in [0.3, 0.4) is 0 Å². The van der Waals surface area contributed by atoms with Gasteiger partial charge in [0.2, 0.25) is 0 Å². The molecule has 0 fully saturated rings. The van der Waals surface area contributed by atoms with Crippen LogP contribution >= 0.6 is 0 Å². The lowest BCUT2D eigenvalue weighted by molar-refractivity contribution is 0.423. The summed E-state index contributed by atoms with van der Waals surface area (Å²) in [5, 5.41) is 7.53. The van der Waals surface area contributed by atoms with Gasteiger partial charge in [0.15, 0.2) is 5.76 Å². The van der Waals surface area contributed by atoms with E-state index in [9.17, 15) is 0 Å². The lowest BCUT2D eigenvalue weighted by Gasteiger charge is -2.11. The quantitative estimate of drug-likeness (QED) is 0.815. The number of nitrogens with one attached hydrogen (secondary N) is 1. The van der Waals surface area contributed by atoms with E-state index in [1.54, 1.807) is 0 Å². The largest absolute Gasteiger partial charge is 0.356 e. The van der Waals surface area contributed by atoms with Crippen molar-refractivity contribution in [3.63, 3.8) is 0 Å². The molecule has 0 saturated heterocycles. The molecule has 1 aromatic carbocycles. The third-order valence-corrected chi connectivity index (χ3v) is 3.48. The summed E-state index contributed by atoms with van der Waals surface area (Å²) in [6.07, 6.45) is 0.962. The predicted octanol–water partition coefficient (Wildman–Crippen LogP) is 2.60. The van der Waals surface area contributed by atoms with E-state index >= 15 is 0 Å². The Morgan fingerprint density at radius 1 is 1.24 bits per heavy atom. The van der Waals surface area contributed by atoms with Crippen molar-refractivity contribution in [3.8, 4) is 11.3 Å². The number of fused-ring (bicyclic) bond motifs is 1. The fourth-order valence-corrected chi connectivity index (χ4v) is 2.25. The summed E-state index contributed by atoms with van der Waals surface area (Å²) in [6, 6.07) is 6.41. The van der Waals surface area contributed by atoms with Crippen LogP contribution in [0, 0.1) is 13.8 Å². The zero-order valence-corrected chi connectivity index (χ0v) is 10.2. The highest BCUT2D eigenvalue weighted by Gasteiger charge is 2.20. The summed E-state index contributed by atoms with van der Waals surface area (Å²) in [4.78, 5) is 0. The molecule has 0 saturated carbocycles. The van der Waals surface area contributed by atoms with Crippen LogP contribution in [0.4, 0.5) is 0 Å². The van der Waals surface area contributed by atoms with E-state index in [0.717, 1.165) is 36.5 Å². The van der Waals surface area contributed by atoms with Gasteiger partial charge in [0, 0.05) is 30.6 Å². The van der Waals surface area contributed by atoms with Crippen LogP contribution in [-0.4, -0.2) is 11.7 Å². The van der Waals surface area contributed by atoms with E-state index in [4.69, 9.17) is 4.52 Å².